The Bertz CT molecular complexity index is 1910. The number of nitro benzene ring substituents is 1. The van der Waals surface area contributed by atoms with Crippen LogP contribution in [-0.4, -0.2) is 45.9 Å². The third-order valence-electron chi connectivity index (χ3n) is 9.21. The number of Topliss-reactive ketones (excluding diaryl/α,β-unsaturated/α-hetero) is 1. The van der Waals surface area contributed by atoms with Crippen molar-refractivity contribution in [2.45, 2.75) is 37.7 Å². The normalized spacial score (nSPS) is 16.2. The Balaban J connectivity index is 1.54. The highest BCUT2D eigenvalue weighted by Crippen LogP contribution is 2.63. The summed E-state index contributed by atoms with van der Waals surface area (Å²) in [5.41, 5.74) is -0.556. The van der Waals surface area contributed by atoms with Gasteiger partial charge in [0.1, 0.15) is 35.5 Å². The van der Waals surface area contributed by atoms with Crippen molar-refractivity contribution < 1.29 is 28.8 Å². The number of rotatable bonds is 13. The van der Waals surface area contributed by atoms with Crippen LogP contribution in [0.2, 0.25) is 0 Å². The molecular weight excluding hydrogens is 651 g/mol. The molecule has 0 aliphatic carbocycles. The van der Waals surface area contributed by atoms with E-state index >= 15 is 4.79 Å². The highest BCUT2D eigenvalue weighted by atomic mass is 31.2. The van der Waals surface area contributed by atoms with E-state index < -0.39 is 29.5 Å². The summed E-state index contributed by atoms with van der Waals surface area (Å²) in [4.78, 5) is 55.8. The lowest BCUT2D eigenvalue weighted by atomic mass is 9.80. The van der Waals surface area contributed by atoms with Gasteiger partial charge in [0.05, 0.1) is 29.6 Å². The summed E-state index contributed by atoms with van der Waals surface area (Å²) < 4.78 is 11.3. The van der Waals surface area contributed by atoms with Crippen molar-refractivity contribution in [3.05, 3.63) is 161 Å². The number of hydrogen-bond donors (Lipinski definition) is 0. The molecule has 0 bridgehead atoms. The van der Waals surface area contributed by atoms with Gasteiger partial charge < -0.3 is 9.47 Å². The van der Waals surface area contributed by atoms with Crippen molar-refractivity contribution in [3.63, 3.8) is 0 Å². The molecular formula is C40H36N2O7P+. The molecule has 1 aliphatic heterocycles. The van der Waals surface area contributed by atoms with E-state index in [1.165, 1.54) is 6.07 Å². The highest BCUT2D eigenvalue weighted by molar-refractivity contribution is 7.96. The monoisotopic (exact) mass is 687 g/mol. The van der Waals surface area contributed by atoms with Crippen molar-refractivity contribution in [1.29, 1.82) is 0 Å². The Kier molecular flexibility index (Phi) is 9.88. The van der Waals surface area contributed by atoms with Gasteiger partial charge >= 0.3 is 5.97 Å². The number of likely N-dealkylation sites (tertiary alicyclic amines) is 1. The molecule has 5 aromatic rings. The second-order valence-corrected chi connectivity index (χ2v) is 15.8. The molecule has 10 heteroatoms. The SMILES string of the molecule is COc1ccc(C(=O)CC2(C)CC(=O)N2C(C(=O)OCc2ccccc2[N+](=O)[O-])[P+](c2ccccc2)(c2ccccc2)c2ccccc2)cc1. The van der Waals surface area contributed by atoms with Gasteiger partial charge in [-0.15, -0.1) is 0 Å². The summed E-state index contributed by atoms with van der Waals surface area (Å²) in [6, 6.07) is 41.7. The van der Waals surface area contributed by atoms with Crippen molar-refractivity contribution in [3.8, 4) is 5.75 Å². The fraction of sp³-hybridized carbons (Fsp3) is 0.175. The summed E-state index contributed by atoms with van der Waals surface area (Å²) >= 11 is 0. The first kappa shape index (κ1) is 34.2. The summed E-state index contributed by atoms with van der Waals surface area (Å²) in [5.74, 6) is -1.81. The Morgan fingerprint density at radius 2 is 1.30 bits per heavy atom. The van der Waals surface area contributed by atoms with Gasteiger partial charge in [0.15, 0.2) is 5.78 Å². The molecule has 50 heavy (non-hydrogen) atoms. The largest absolute Gasteiger partial charge is 0.497 e. The Morgan fingerprint density at radius 1 is 0.800 bits per heavy atom. The highest BCUT2D eigenvalue weighted by Gasteiger charge is 2.66. The van der Waals surface area contributed by atoms with Crippen molar-refractivity contribution >= 4 is 46.5 Å². The van der Waals surface area contributed by atoms with Crippen LogP contribution >= 0.6 is 7.26 Å². The fourth-order valence-electron chi connectivity index (χ4n) is 6.84. The number of esters is 1. The van der Waals surface area contributed by atoms with Crippen LogP contribution in [0.5, 0.6) is 5.75 Å². The van der Waals surface area contributed by atoms with E-state index in [1.807, 2.05) is 97.9 Å². The molecule has 6 rings (SSSR count). The number of carbonyl (C=O) groups is 3. The average molecular weight is 688 g/mol. The molecule has 9 nitrogen and oxygen atoms in total. The second-order valence-electron chi connectivity index (χ2n) is 12.4. The predicted molar refractivity (Wildman–Crippen MR) is 194 cm³/mol. The van der Waals surface area contributed by atoms with Gasteiger partial charge in [-0.1, -0.05) is 66.7 Å². The number of β-lactam (4-membered cyclic amide) rings is 1. The minimum absolute atomic E-state index is 0.0429. The molecule has 2 unspecified atom stereocenters. The third kappa shape index (κ3) is 6.40. The van der Waals surface area contributed by atoms with Crippen LogP contribution < -0.4 is 20.7 Å². The van der Waals surface area contributed by atoms with E-state index in [4.69, 9.17) is 9.47 Å². The standard InChI is InChI=1S/C40H36N2O7P/c1-40(26-36(43)29-22-24-31(48-2)25-23-29)27-37(44)41(40)38(39(45)49-28-30-14-12-13-21-35(30)42(46)47)50(32-15-6-3-7-16-32,33-17-8-4-9-18-33)34-19-10-5-11-20-34/h3-25,38H,26-28H2,1-2H3/q+1. The molecule has 1 amide bonds. The van der Waals surface area contributed by atoms with Crippen LogP contribution in [0.15, 0.2) is 140 Å². The zero-order valence-electron chi connectivity index (χ0n) is 27.7. The van der Waals surface area contributed by atoms with Crippen LogP contribution in [-0.2, 0) is 20.9 Å². The third-order valence-corrected chi connectivity index (χ3v) is 13.7. The number of para-hydroxylation sites is 1. The Morgan fingerprint density at radius 3 is 1.78 bits per heavy atom. The second kappa shape index (κ2) is 14.4. The van der Waals surface area contributed by atoms with Gasteiger partial charge in [-0.05, 0) is 73.7 Å². The van der Waals surface area contributed by atoms with E-state index in [1.54, 1.807) is 54.5 Å². The predicted octanol–water partition coefficient (Wildman–Crippen LogP) is 6.23. The molecule has 5 aromatic carbocycles. The lowest BCUT2D eigenvalue weighted by Gasteiger charge is -2.54. The zero-order valence-corrected chi connectivity index (χ0v) is 28.6. The summed E-state index contributed by atoms with van der Waals surface area (Å²) in [6.07, 6.45) is -0.00141. The number of benzene rings is 5. The van der Waals surface area contributed by atoms with Crippen LogP contribution in [0.1, 0.15) is 35.7 Å². The lowest BCUT2D eigenvalue weighted by Crippen LogP contribution is -2.70. The smallest absolute Gasteiger partial charge is 0.370 e. The minimum Gasteiger partial charge on any atom is -0.497 e. The molecule has 0 radical (unpaired) electrons. The van der Waals surface area contributed by atoms with Gasteiger partial charge in [-0.25, -0.2) is 4.79 Å². The van der Waals surface area contributed by atoms with Crippen molar-refractivity contribution in [2.24, 2.45) is 0 Å². The van der Waals surface area contributed by atoms with E-state index in [-0.39, 0.29) is 42.4 Å². The maximum atomic E-state index is 15.0. The molecule has 1 saturated heterocycles. The number of ether oxygens (including phenoxy) is 2. The van der Waals surface area contributed by atoms with Crippen LogP contribution in [0.3, 0.4) is 0 Å². The number of amides is 1. The van der Waals surface area contributed by atoms with Crippen LogP contribution in [0, 0.1) is 10.1 Å². The quantitative estimate of drug-likeness (QED) is 0.0360. The molecule has 0 saturated carbocycles. The van der Waals surface area contributed by atoms with E-state index in [0.717, 1.165) is 15.9 Å². The topological polar surface area (TPSA) is 116 Å². The maximum Gasteiger partial charge on any atom is 0.370 e. The van der Waals surface area contributed by atoms with E-state index in [0.29, 0.717) is 11.3 Å². The lowest BCUT2D eigenvalue weighted by molar-refractivity contribution is -0.385. The number of hydrogen-bond acceptors (Lipinski definition) is 7. The van der Waals surface area contributed by atoms with Crippen molar-refractivity contribution in [1.82, 2.24) is 4.90 Å². The first-order valence-corrected chi connectivity index (χ1v) is 18.0. The summed E-state index contributed by atoms with van der Waals surface area (Å²) in [5, 5.41) is 14.3. The maximum absolute atomic E-state index is 15.0. The molecule has 0 aromatic heterocycles. The molecule has 1 fully saturated rings. The van der Waals surface area contributed by atoms with E-state index in [9.17, 15) is 19.7 Å². The molecule has 2 atom stereocenters. The zero-order chi connectivity index (χ0) is 35.3. The minimum atomic E-state index is -3.17. The summed E-state index contributed by atoms with van der Waals surface area (Å²) in [6.45, 7) is 1.45. The van der Waals surface area contributed by atoms with Gasteiger partial charge in [-0.2, -0.15) is 0 Å². The Labute approximate surface area is 291 Å². The first-order chi connectivity index (χ1) is 24.2. The number of methoxy groups -OCH3 is 1. The summed E-state index contributed by atoms with van der Waals surface area (Å²) in [7, 11) is -1.62. The molecule has 252 valence electrons. The molecule has 1 heterocycles. The van der Waals surface area contributed by atoms with Crippen molar-refractivity contribution in [2.75, 3.05) is 7.11 Å². The van der Waals surface area contributed by atoms with Crippen LogP contribution in [0.4, 0.5) is 5.69 Å². The number of nitrogens with zero attached hydrogens (tertiary/aromatic N) is 2. The van der Waals surface area contributed by atoms with Gasteiger partial charge in [0.2, 0.25) is 5.91 Å². The molecule has 1 aliphatic rings. The van der Waals surface area contributed by atoms with E-state index in [2.05, 4.69) is 0 Å². The van der Waals surface area contributed by atoms with Crippen LogP contribution in [0.25, 0.3) is 0 Å². The Hall–Kier alpha value is -5.66. The molecule has 0 N–H and O–H groups in total. The first-order valence-electron chi connectivity index (χ1n) is 16.1. The van der Waals surface area contributed by atoms with Gasteiger partial charge in [-0.3, -0.25) is 24.6 Å². The van der Waals surface area contributed by atoms with Gasteiger partial charge in [0, 0.05) is 18.1 Å². The average Bonchev–Trinajstić information content (AvgIpc) is 3.15. The molecule has 0 spiro atoms. The number of nitro groups is 1. The van der Waals surface area contributed by atoms with Gasteiger partial charge in [0.25, 0.3) is 11.5 Å². The number of carbonyl (C=O) groups excluding carboxylic acids is 3. The fourth-order valence-corrected chi connectivity index (χ4v) is 11.7. The number of ketones is 1.